The average Bonchev–Trinajstić information content (AvgIpc) is 2.98. The first-order valence-electron chi connectivity index (χ1n) is 6.28. The molecule has 20 heavy (non-hydrogen) atoms. The van der Waals surface area contributed by atoms with Crippen LogP contribution < -0.4 is 10.0 Å². The molecule has 0 saturated heterocycles. The fraction of sp³-hybridized carbons (Fsp3) is 0.308. The lowest BCUT2D eigenvalue weighted by Crippen LogP contribution is -2.21. The van der Waals surface area contributed by atoms with E-state index in [4.69, 9.17) is 0 Å². The van der Waals surface area contributed by atoms with Crippen molar-refractivity contribution in [2.24, 2.45) is 0 Å². The van der Waals surface area contributed by atoms with Gasteiger partial charge in [0, 0.05) is 18.4 Å². The molecule has 0 fully saturated rings. The van der Waals surface area contributed by atoms with Crippen molar-refractivity contribution >= 4 is 10.0 Å². The number of hydrogen-bond donors (Lipinski definition) is 3. The predicted molar refractivity (Wildman–Crippen MR) is 76.5 cm³/mol. The molecule has 1 unspecified atom stereocenters. The topological polar surface area (TPSA) is 86.9 Å². The number of aromatic nitrogens is 2. The van der Waals surface area contributed by atoms with Crippen molar-refractivity contribution in [3.63, 3.8) is 0 Å². The van der Waals surface area contributed by atoms with E-state index in [2.05, 4.69) is 20.0 Å². The third kappa shape index (κ3) is 3.44. The van der Waals surface area contributed by atoms with Gasteiger partial charge in [0.15, 0.2) is 0 Å². The van der Waals surface area contributed by atoms with Gasteiger partial charge in [-0.05, 0) is 31.7 Å². The van der Waals surface area contributed by atoms with Crippen LogP contribution in [0.15, 0.2) is 41.6 Å². The molecule has 108 valence electrons. The maximum Gasteiger partial charge on any atom is 0.240 e. The highest BCUT2D eigenvalue weighted by molar-refractivity contribution is 7.89. The van der Waals surface area contributed by atoms with Crippen LogP contribution in [0.1, 0.15) is 24.4 Å². The summed E-state index contributed by atoms with van der Waals surface area (Å²) in [6, 6.07) is 6.91. The summed E-state index contributed by atoms with van der Waals surface area (Å²) in [7, 11) is -2.01. The van der Waals surface area contributed by atoms with Crippen molar-refractivity contribution in [1.29, 1.82) is 0 Å². The van der Waals surface area contributed by atoms with Crippen LogP contribution in [0.25, 0.3) is 0 Å². The van der Waals surface area contributed by atoms with Gasteiger partial charge in [0.25, 0.3) is 0 Å². The molecule has 2 rings (SSSR count). The van der Waals surface area contributed by atoms with Crippen molar-refractivity contribution in [3.05, 3.63) is 48.0 Å². The molecule has 1 aromatic carbocycles. The number of nitrogens with one attached hydrogen (secondary N) is 3. The summed E-state index contributed by atoms with van der Waals surface area (Å²) in [5, 5.41) is 3.29. The molecular formula is C13H18N4O2S. The Balaban J connectivity index is 2.10. The Morgan fingerprint density at radius 3 is 2.85 bits per heavy atom. The van der Waals surface area contributed by atoms with Gasteiger partial charge in [0.05, 0.1) is 11.4 Å². The molecule has 1 aromatic heterocycles. The fourth-order valence-electron chi connectivity index (χ4n) is 1.83. The summed E-state index contributed by atoms with van der Waals surface area (Å²) in [4.78, 5) is 7.40. The zero-order valence-electron chi connectivity index (χ0n) is 11.4. The van der Waals surface area contributed by atoms with Crippen molar-refractivity contribution in [1.82, 2.24) is 20.0 Å². The molecule has 0 amide bonds. The monoisotopic (exact) mass is 294 g/mol. The minimum Gasteiger partial charge on any atom is -0.348 e. The lowest BCUT2D eigenvalue weighted by molar-refractivity contribution is 0.559. The van der Waals surface area contributed by atoms with Gasteiger partial charge in [-0.25, -0.2) is 18.1 Å². The second-order valence-corrected chi connectivity index (χ2v) is 6.31. The molecule has 1 atom stereocenters. The fourth-order valence-corrected chi connectivity index (χ4v) is 2.62. The van der Waals surface area contributed by atoms with Crippen molar-refractivity contribution in [2.45, 2.75) is 24.4 Å². The van der Waals surface area contributed by atoms with E-state index in [0.717, 1.165) is 11.4 Å². The first kappa shape index (κ1) is 14.7. The molecule has 2 aromatic rings. The van der Waals surface area contributed by atoms with Gasteiger partial charge in [0.1, 0.15) is 5.82 Å². The quantitative estimate of drug-likeness (QED) is 0.746. The Kier molecular flexibility index (Phi) is 4.53. The Labute approximate surface area is 118 Å². The molecule has 7 heteroatoms. The van der Waals surface area contributed by atoms with E-state index >= 15 is 0 Å². The van der Waals surface area contributed by atoms with Crippen LogP contribution in [-0.2, 0) is 16.6 Å². The molecule has 1 heterocycles. The number of hydrogen-bond acceptors (Lipinski definition) is 4. The van der Waals surface area contributed by atoms with E-state index in [1.807, 2.05) is 13.0 Å². The van der Waals surface area contributed by atoms with Gasteiger partial charge in [0.2, 0.25) is 10.0 Å². The first-order chi connectivity index (χ1) is 9.53. The zero-order chi connectivity index (χ0) is 14.6. The van der Waals surface area contributed by atoms with Gasteiger partial charge in [-0.1, -0.05) is 12.1 Å². The number of rotatable bonds is 6. The van der Waals surface area contributed by atoms with Crippen LogP contribution in [0.2, 0.25) is 0 Å². The number of benzene rings is 1. The summed E-state index contributed by atoms with van der Waals surface area (Å²) in [5.41, 5.74) is 0.910. The van der Waals surface area contributed by atoms with Crippen LogP contribution >= 0.6 is 0 Å². The predicted octanol–water partition coefficient (Wildman–Crippen LogP) is 1.17. The highest BCUT2D eigenvalue weighted by atomic mass is 32.2. The third-order valence-corrected chi connectivity index (χ3v) is 4.48. The summed E-state index contributed by atoms with van der Waals surface area (Å²) in [6.45, 7) is 2.57. The van der Waals surface area contributed by atoms with E-state index in [0.29, 0.717) is 6.54 Å². The van der Waals surface area contributed by atoms with E-state index < -0.39 is 10.0 Å². The van der Waals surface area contributed by atoms with Gasteiger partial charge >= 0.3 is 0 Å². The van der Waals surface area contributed by atoms with E-state index in [1.165, 1.54) is 7.05 Å². The summed E-state index contributed by atoms with van der Waals surface area (Å²) in [5.74, 6) is 0.843. The molecule has 3 N–H and O–H groups in total. The normalized spacial score (nSPS) is 13.3. The van der Waals surface area contributed by atoms with Crippen LogP contribution in [0.3, 0.4) is 0 Å². The molecule has 0 aliphatic rings. The number of imidazole rings is 1. The summed E-state index contributed by atoms with van der Waals surface area (Å²) >= 11 is 0. The van der Waals surface area contributed by atoms with Crippen LogP contribution in [-0.4, -0.2) is 25.4 Å². The zero-order valence-corrected chi connectivity index (χ0v) is 12.2. The van der Waals surface area contributed by atoms with Crippen molar-refractivity contribution < 1.29 is 8.42 Å². The van der Waals surface area contributed by atoms with Crippen LogP contribution in [0, 0.1) is 0 Å². The summed E-state index contributed by atoms with van der Waals surface area (Å²) < 4.78 is 25.9. The molecule has 0 saturated carbocycles. The first-order valence-corrected chi connectivity index (χ1v) is 7.76. The van der Waals surface area contributed by atoms with Crippen LogP contribution in [0.5, 0.6) is 0 Å². The Bertz CT molecular complexity index is 653. The molecule has 6 nitrogen and oxygen atoms in total. The molecular weight excluding hydrogens is 276 g/mol. The SMILES string of the molecule is CNS(=O)(=O)c1cccc(C(C)NCc2ncc[nH]2)c1. The van der Waals surface area contributed by atoms with Crippen LogP contribution in [0.4, 0.5) is 0 Å². The van der Waals surface area contributed by atoms with Gasteiger partial charge in [-0.3, -0.25) is 0 Å². The average molecular weight is 294 g/mol. The van der Waals surface area contributed by atoms with Gasteiger partial charge in [-0.2, -0.15) is 0 Å². The molecule has 0 bridgehead atoms. The number of aromatic amines is 1. The minimum absolute atomic E-state index is 0.0205. The van der Waals surface area contributed by atoms with Gasteiger partial charge in [-0.15, -0.1) is 0 Å². The minimum atomic E-state index is -3.41. The smallest absolute Gasteiger partial charge is 0.240 e. The van der Waals surface area contributed by atoms with E-state index in [9.17, 15) is 8.42 Å². The lowest BCUT2D eigenvalue weighted by Gasteiger charge is -2.14. The van der Waals surface area contributed by atoms with E-state index in [-0.39, 0.29) is 10.9 Å². The number of nitrogens with zero attached hydrogens (tertiary/aromatic N) is 1. The van der Waals surface area contributed by atoms with Gasteiger partial charge < -0.3 is 10.3 Å². The largest absolute Gasteiger partial charge is 0.348 e. The molecule has 0 radical (unpaired) electrons. The van der Waals surface area contributed by atoms with Crippen molar-refractivity contribution in [2.75, 3.05) is 7.05 Å². The molecule has 0 aliphatic heterocycles. The summed E-state index contributed by atoms with van der Waals surface area (Å²) in [6.07, 6.45) is 3.46. The van der Waals surface area contributed by atoms with E-state index in [1.54, 1.807) is 30.6 Å². The second-order valence-electron chi connectivity index (χ2n) is 4.42. The highest BCUT2D eigenvalue weighted by Gasteiger charge is 2.13. The Morgan fingerprint density at radius 1 is 1.40 bits per heavy atom. The maximum atomic E-state index is 11.8. The molecule has 0 spiro atoms. The number of H-pyrrole nitrogens is 1. The Hall–Kier alpha value is -1.70. The second kappa shape index (κ2) is 6.17. The Morgan fingerprint density at radius 2 is 2.20 bits per heavy atom. The maximum absolute atomic E-state index is 11.8. The lowest BCUT2D eigenvalue weighted by atomic mass is 10.1. The number of sulfonamides is 1. The van der Waals surface area contributed by atoms with Crippen molar-refractivity contribution in [3.8, 4) is 0 Å². The standard InChI is InChI=1S/C13H18N4O2S/c1-10(17-9-13-15-6-7-16-13)11-4-3-5-12(8-11)20(18,19)14-2/h3-8,10,14,17H,9H2,1-2H3,(H,15,16). The highest BCUT2D eigenvalue weighted by Crippen LogP contribution is 2.17. The molecule has 0 aliphatic carbocycles. The third-order valence-electron chi connectivity index (χ3n) is 3.07.